The fraction of sp³-hybridized carbons (Fsp3) is 0.500. The average Bonchev–Trinajstić information content (AvgIpc) is 3.74. The van der Waals surface area contributed by atoms with E-state index in [4.69, 9.17) is 9.47 Å². The first-order valence-electron chi connectivity index (χ1n) is 13.6. The van der Waals surface area contributed by atoms with E-state index in [1.165, 1.54) is 5.56 Å². The first-order chi connectivity index (χ1) is 18.8. The highest BCUT2D eigenvalue weighted by Gasteiger charge is 2.54. The van der Waals surface area contributed by atoms with Crippen LogP contribution in [0.2, 0.25) is 0 Å². The van der Waals surface area contributed by atoms with Gasteiger partial charge in [0.25, 0.3) is 5.91 Å². The van der Waals surface area contributed by atoms with Crippen molar-refractivity contribution in [3.63, 3.8) is 0 Å². The number of nitrogens with one attached hydrogen (secondary N) is 2. The number of carbonyl (C=O) groups is 3. The van der Waals surface area contributed by atoms with E-state index in [1.807, 2.05) is 32.0 Å². The summed E-state index contributed by atoms with van der Waals surface area (Å²) in [4.78, 5) is 38.6. The van der Waals surface area contributed by atoms with Gasteiger partial charge < -0.3 is 30.3 Å². The summed E-state index contributed by atoms with van der Waals surface area (Å²) in [5.41, 5.74) is 0.316. The van der Waals surface area contributed by atoms with Crippen LogP contribution in [0, 0.1) is 5.92 Å². The number of Topliss-reactive ketones (excluding diaryl/α,β-unsaturated/α-hetero) is 1. The zero-order valence-electron chi connectivity index (χ0n) is 22.7. The summed E-state index contributed by atoms with van der Waals surface area (Å²) in [6.07, 6.45) is 4.33. The Morgan fingerprint density at radius 1 is 0.974 bits per heavy atom. The van der Waals surface area contributed by atoms with Gasteiger partial charge in [0.2, 0.25) is 5.91 Å². The van der Waals surface area contributed by atoms with Gasteiger partial charge in [0, 0.05) is 5.56 Å². The van der Waals surface area contributed by atoms with Crippen molar-refractivity contribution in [1.82, 2.24) is 10.6 Å². The Bertz CT molecular complexity index is 1090. The number of ketones is 1. The van der Waals surface area contributed by atoms with Crippen LogP contribution in [0.3, 0.4) is 0 Å². The molecule has 39 heavy (non-hydrogen) atoms. The van der Waals surface area contributed by atoms with Gasteiger partial charge in [0.1, 0.15) is 11.8 Å². The van der Waals surface area contributed by atoms with Gasteiger partial charge in [-0.3, -0.25) is 14.4 Å². The van der Waals surface area contributed by atoms with Gasteiger partial charge in [0.15, 0.2) is 11.4 Å². The summed E-state index contributed by atoms with van der Waals surface area (Å²) in [5, 5.41) is 24.5. The molecule has 1 saturated heterocycles. The fourth-order valence-corrected chi connectivity index (χ4v) is 4.30. The number of epoxide rings is 1. The number of carbonyl (C=O) groups excluding carboxylic acids is 3. The van der Waals surface area contributed by atoms with E-state index in [2.05, 4.69) is 22.8 Å². The number of hydrogen-bond donors (Lipinski definition) is 4. The minimum atomic E-state index is -1.28. The number of ether oxygens (including phenoxy) is 2. The van der Waals surface area contributed by atoms with Crippen molar-refractivity contribution in [1.29, 1.82) is 0 Å². The highest BCUT2D eigenvalue weighted by molar-refractivity contribution is 6.00. The highest BCUT2D eigenvalue weighted by atomic mass is 16.6. The quantitative estimate of drug-likeness (QED) is 0.179. The van der Waals surface area contributed by atoms with Crippen molar-refractivity contribution in [3.8, 4) is 5.75 Å². The molecule has 2 aromatic rings. The number of benzene rings is 2. The second kappa shape index (κ2) is 14.8. The maximum atomic E-state index is 12.9. The average molecular weight is 541 g/mol. The molecule has 3 rings (SSSR count). The first kappa shape index (κ1) is 30.3. The van der Waals surface area contributed by atoms with E-state index in [0.29, 0.717) is 18.8 Å². The highest BCUT2D eigenvalue weighted by Crippen LogP contribution is 2.30. The molecule has 1 fully saturated rings. The van der Waals surface area contributed by atoms with Crippen LogP contribution in [0.25, 0.3) is 0 Å². The van der Waals surface area contributed by atoms with E-state index < -0.39 is 48.5 Å². The van der Waals surface area contributed by atoms with Crippen LogP contribution in [0.5, 0.6) is 5.75 Å². The van der Waals surface area contributed by atoms with Crippen LogP contribution in [0.4, 0.5) is 0 Å². The van der Waals surface area contributed by atoms with Crippen molar-refractivity contribution >= 4 is 17.6 Å². The Morgan fingerprint density at radius 3 is 2.36 bits per heavy atom. The summed E-state index contributed by atoms with van der Waals surface area (Å²) in [6, 6.07) is 14.8. The summed E-state index contributed by atoms with van der Waals surface area (Å²) in [5.74, 6) is -1.05. The molecule has 212 valence electrons. The summed E-state index contributed by atoms with van der Waals surface area (Å²) >= 11 is 0. The fourth-order valence-electron chi connectivity index (χ4n) is 4.30. The van der Waals surface area contributed by atoms with Crippen molar-refractivity contribution in [2.45, 2.75) is 63.6 Å². The smallest absolute Gasteiger partial charge is 0.252 e. The van der Waals surface area contributed by atoms with Gasteiger partial charge in [-0.25, -0.2) is 0 Å². The monoisotopic (exact) mass is 540 g/mol. The maximum absolute atomic E-state index is 12.9. The van der Waals surface area contributed by atoms with E-state index in [-0.39, 0.29) is 18.1 Å². The number of unbranched alkanes of at least 4 members (excludes halogenated alkanes) is 2. The van der Waals surface area contributed by atoms with Crippen LogP contribution in [-0.4, -0.2) is 71.9 Å². The van der Waals surface area contributed by atoms with Gasteiger partial charge >= 0.3 is 0 Å². The molecule has 0 aliphatic carbocycles. The zero-order valence-corrected chi connectivity index (χ0v) is 22.7. The molecule has 2 aromatic carbocycles. The van der Waals surface area contributed by atoms with Crippen molar-refractivity contribution < 1.29 is 34.1 Å². The molecule has 3 atom stereocenters. The van der Waals surface area contributed by atoms with Crippen molar-refractivity contribution in [2.75, 3.05) is 26.4 Å². The molecule has 0 spiro atoms. The van der Waals surface area contributed by atoms with Crippen LogP contribution in [-0.2, 0) is 20.7 Å². The third-order valence-corrected chi connectivity index (χ3v) is 6.66. The van der Waals surface area contributed by atoms with Crippen LogP contribution in [0.1, 0.15) is 55.5 Å². The molecular formula is C30H40N2O7. The second-order valence-corrected chi connectivity index (χ2v) is 10.4. The standard InChI is InChI=1S/C30H40N2O7/c1-21(2)16-25(27(35)30(19-34)20-39-30)31-29(37)26(18-33)32-28(36)23-13-9-14-24(17-23)38-15-8-4-7-12-22-10-5-3-6-11-22/h3,5-6,9-11,13-14,17,21,25-26,33-34H,4,7-8,12,15-16,18-20H2,1-2H3,(H,31,37)(H,32,36). The Kier molecular flexibility index (Phi) is 11.5. The number of aliphatic hydroxyl groups excluding tert-OH is 2. The van der Waals surface area contributed by atoms with E-state index >= 15 is 0 Å². The van der Waals surface area contributed by atoms with Gasteiger partial charge in [-0.2, -0.15) is 0 Å². The lowest BCUT2D eigenvalue weighted by Crippen LogP contribution is -2.55. The van der Waals surface area contributed by atoms with Crippen molar-refractivity contribution in [2.24, 2.45) is 5.92 Å². The third kappa shape index (κ3) is 9.16. The minimum absolute atomic E-state index is 0.0718. The molecule has 3 unspecified atom stereocenters. The molecule has 2 amide bonds. The summed E-state index contributed by atoms with van der Waals surface area (Å²) in [6.45, 7) is 3.29. The van der Waals surface area contributed by atoms with E-state index in [9.17, 15) is 24.6 Å². The molecule has 9 nitrogen and oxygen atoms in total. The number of rotatable bonds is 17. The zero-order chi connectivity index (χ0) is 28.3. The van der Waals surface area contributed by atoms with Gasteiger partial charge in [-0.15, -0.1) is 0 Å². The first-order valence-corrected chi connectivity index (χ1v) is 13.6. The van der Waals surface area contributed by atoms with Crippen molar-refractivity contribution in [3.05, 3.63) is 65.7 Å². The molecule has 1 aliphatic heterocycles. The third-order valence-electron chi connectivity index (χ3n) is 6.66. The minimum Gasteiger partial charge on any atom is -0.494 e. The molecule has 1 aliphatic rings. The lowest BCUT2D eigenvalue weighted by molar-refractivity contribution is -0.133. The van der Waals surface area contributed by atoms with Crippen LogP contribution < -0.4 is 15.4 Å². The van der Waals surface area contributed by atoms with E-state index in [1.54, 1.807) is 24.3 Å². The number of amides is 2. The predicted molar refractivity (Wildman–Crippen MR) is 146 cm³/mol. The second-order valence-electron chi connectivity index (χ2n) is 10.4. The molecule has 0 saturated carbocycles. The largest absolute Gasteiger partial charge is 0.494 e. The number of aryl methyl sites for hydroxylation is 1. The van der Waals surface area contributed by atoms with Gasteiger partial charge in [0.05, 0.1) is 32.5 Å². The summed E-state index contributed by atoms with van der Waals surface area (Å²) < 4.78 is 11.0. The molecule has 4 N–H and O–H groups in total. The SMILES string of the molecule is CC(C)CC(NC(=O)C(CO)NC(=O)c1cccc(OCCCCCc2ccccc2)c1)C(=O)C1(CO)CO1. The Hall–Kier alpha value is -3.27. The maximum Gasteiger partial charge on any atom is 0.252 e. The predicted octanol–water partition coefficient (Wildman–Crippen LogP) is 2.43. The Morgan fingerprint density at radius 2 is 1.72 bits per heavy atom. The molecular weight excluding hydrogens is 500 g/mol. The normalized spacial score (nSPS) is 17.8. The number of hydrogen-bond acceptors (Lipinski definition) is 7. The van der Waals surface area contributed by atoms with E-state index in [0.717, 1.165) is 25.7 Å². The Balaban J connectivity index is 1.49. The van der Waals surface area contributed by atoms with Crippen LogP contribution in [0.15, 0.2) is 54.6 Å². The lowest BCUT2D eigenvalue weighted by atomic mass is 9.92. The number of aliphatic hydroxyl groups is 2. The molecule has 0 radical (unpaired) electrons. The van der Waals surface area contributed by atoms with Gasteiger partial charge in [-0.1, -0.05) is 50.2 Å². The topological polar surface area (TPSA) is 137 Å². The molecule has 0 aromatic heterocycles. The molecule has 1 heterocycles. The van der Waals surface area contributed by atoms with Crippen LogP contribution >= 0.6 is 0 Å². The Labute approximate surface area is 229 Å². The summed E-state index contributed by atoms with van der Waals surface area (Å²) in [7, 11) is 0. The molecule has 9 heteroatoms. The van der Waals surface area contributed by atoms with Gasteiger partial charge in [-0.05, 0) is 61.8 Å². The lowest BCUT2D eigenvalue weighted by Gasteiger charge is -2.24. The molecule has 0 bridgehead atoms.